The van der Waals surface area contributed by atoms with Gasteiger partial charge in [0.1, 0.15) is 11.5 Å². The Morgan fingerprint density at radius 3 is 1.25 bits per heavy atom. The number of aromatic nitrogens is 2. The first-order valence-corrected chi connectivity index (χ1v) is 34.4. The van der Waals surface area contributed by atoms with Gasteiger partial charge in [-0.2, -0.15) is 0 Å². The summed E-state index contributed by atoms with van der Waals surface area (Å²) in [5.74, 6) is 0.454. The van der Waals surface area contributed by atoms with Crippen LogP contribution in [0.25, 0.3) is 42.0 Å². The minimum atomic E-state index is -0.460. The van der Waals surface area contributed by atoms with Gasteiger partial charge in [-0.15, -0.1) is 22.7 Å². The van der Waals surface area contributed by atoms with Crippen LogP contribution in [0.2, 0.25) is 0 Å². The summed E-state index contributed by atoms with van der Waals surface area (Å²) in [6.07, 6.45) is 6.66. The number of thiophene rings is 2. The van der Waals surface area contributed by atoms with Crippen LogP contribution in [-0.4, -0.2) is 171 Å². The summed E-state index contributed by atoms with van der Waals surface area (Å²) in [6.45, 7) is 12.5. The normalized spacial score (nSPS) is 15.0. The lowest BCUT2D eigenvalue weighted by atomic mass is 10.2. The van der Waals surface area contributed by atoms with Crippen molar-refractivity contribution in [3.8, 4) is 11.5 Å². The summed E-state index contributed by atoms with van der Waals surface area (Å²) in [5, 5.41) is 8.67. The molecule has 3 aliphatic rings. The molecule has 0 atom stereocenters. The number of fused-ring (bicyclic) bond motifs is 4. The SMILES string of the molecule is O=C(CCCCCOC(=O)N1CCN(C(=O)OCCCCCC(=O)OCn2c(=O)ccc3ccc(OCCCCN4CCN(c5cccc6sccc56)CC4)cc32)CC1)OCn1c(=O)ccc2ccc(OCCCCN3CCN(c4cccc5sccc45)CC3)cc21. The van der Waals surface area contributed by atoms with Gasteiger partial charge in [0, 0.05) is 147 Å². The Morgan fingerprint density at radius 2 is 0.815 bits per heavy atom. The van der Waals surface area contributed by atoms with Gasteiger partial charge in [-0.25, -0.2) is 9.59 Å². The molecule has 0 saturated carbocycles. The second kappa shape index (κ2) is 32.9. The molecule has 22 heteroatoms. The van der Waals surface area contributed by atoms with Gasteiger partial charge in [-0.1, -0.05) is 12.1 Å². The maximum atomic E-state index is 13.0. The Labute approximate surface area is 544 Å². The van der Waals surface area contributed by atoms with Crippen molar-refractivity contribution in [2.24, 2.45) is 0 Å². The largest absolute Gasteiger partial charge is 0.494 e. The summed E-state index contributed by atoms with van der Waals surface area (Å²) in [5.41, 5.74) is 3.35. The van der Waals surface area contributed by atoms with Crippen molar-refractivity contribution >= 4 is 100 Å². The average Bonchev–Trinajstić information content (AvgIpc) is 1.43. The molecular weight excluding hydrogens is 1210 g/mol. The fraction of sp³-hybridized carbons (Fsp3) is 0.457. The second-order valence-corrected chi connectivity index (χ2v) is 25.6. The molecule has 488 valence electrons. The average molecular weight is 1290 g/mol. The molecule has 8 aromatic rings. The number of unbranched alkanes of at least 4 members (excludes halogenated alkanes) is 6. The molecule has 2 amide bonds. The number of pyridine rings is 2. The molecule has 0 unspecified atom stereocenters. The Balaban J connectivity index is 0.494. The minimum Gasteiger partial charge on any atom is -0.494 e. The quantitative estimate of drug-likeness (QED) is 0.0235. The van der Waals surface area contributed by atoms with Gasteiger partial charge in [-0.3, -0.25) is 38.1 Å². The van der Waals surface area contributed by atoms with Crippen molar-refractivity contribution < 1.29 is 47.6 Å². The van der Waals surface area contributed by atoms with Crippen LogP contribution in [0.5, 0.6) is 11.5 Å². The molecule has 11 rings (SSSR count). The van der Waals surface area contributed by atoms with E-state index in [1.165, 1.54) is 52.8 Å². The number of hydrogen-bond donors (Lipinski definition) is 0. The molecule has 0 spiro atoms. The minimum absolute atomic E-state index is 0.154. The number of benzene rings is 4. The highest BCUT2D eigenvalue weighted by Gasteiger charge is 2.27. The number of piperazine rings is 3. The molecule has 4 aromatic carbocycles. The molecule has 0 radical (unpaired) electrons. The van der Waals surface area contributed by atoms with Gasteiger partial charge in [0.25, 0.3) is 11.1 Å². The highest BCUT2D eigenvalue weighted by atomic mass is 32.1. The van der Waals surface area contributed by atoms with Crippen molar-refractivity contribution in [1.29, 1.82) is 0 Å². The van der Waals surface area contributed by atoms with Gasteiger partial charge < -0.3 is 48.0 Å². The van der Waals surface area contributed by atoms with E-state index in [0.717, 1.165) is 102 Å². The molecule has 0 bridgehead atoms. The topological polar surface area (TPSA) is 187 Å². The summed E-state index contributed by atoms with van der Waals surface area (Å²) in [7, 11) is 0. The zero-order chi connectivity index (χ0) is 63.4. The molecular formula is C70H84N8O12S2. The Hall–Kier alpha value is -8.18. The smallest absolute Gasteiger partial charge is 0.409 e. The monoisotopic (exact) mass is 1290 g/mol. The van der Waals surface area contributed by atoms with Crippen LogP contribution in [0, 0.1) is 0 Å². The van der Waals surface area contributed by atoms with Crippen molar-refractivity contribution in [3.63, 3.8) is 0 Å². The first-order chi connectivity index (χ1) is 45.1. The van der Waals surface area contributed by atoms with E-state index >= 15 is 0 Å². The fourth-order valence-corrected chi connectivity index (χ4v) is 13.9. The van der Waals surface area contributed by atoms with E-state index in [4.69, 9.17) is 28.4 Å². The van der Waals surface area contributed by atoms with Crippen LogP contribution in [0.1, 0.15) is 77.0 Å². The van der Waals surface area contributed by atoms with E-state index in [1.807, 2.05) is 36.4 Å². The number of rotatable bonds is 30. The van der Waals surface area contributed by atoms with Crippen LogP contribution >= 0.6 is 22.7 Å². The lowest BCUT2D eigenvalue weighted by Crippen LogP contribution is -2.50. The maximum Gasteiger partial charge on any atom is 0.409 e. The van der Waals surface area contributed by atoms with Gasteiger partial charge >= 0.3 is 24.1 Å². The molecule has 4 aromatic heterocycles. The second-order valence-electron chi connectivity index (χ2n) is 23.7. The van der Waals surface area contributed by atoms with Gasteiger partial charge in [0.05, 0.1) is 37.5 Å². The van der Waals surface area contributed by atoms with E-state index < -0.39 is 24.1 Å². The molecule has 3 saturated heterocycles. The van der Waals surface area contributed by atoms with Crippen molar-refractivity contribution in [2.75, 3.05) is 128 Å². The highest BCUT2D eigenvalue weighted by Crippen LogP contribution is 2.33. The van der Waals surface area contributed by atoms with Crippen LogP contribution in [0.15, 0.2) is 130 Å². The summed E-state index contributed by atoms with van der Waals surface area (Å²) < 4.78 is 39.9. The van der Waals surface area contributed by atoms with E-state index in [1.54, 1.807) is 44.6 Å². The lowest BCUT2D eigenvalue weighted by Gasteiger charge is -2.36. The summed E-state index contributed by atoms with van der Waals surface area (Å²) in [4.78, 5) is 90.3. The number of carbonyl (C=O) groups is 4. The molecule has 0 aliphatic carbocycles. The van der Waals surface area contributed by atoms with Crippen molar-refractivity contribution in [2.45, 2.75) is 90.5 Å². The third kappa shape index (κ3) is 17.7. The Morgan fingerprint density at radius 1 is 0.402 bits per heavy atom. The first kappa shape index (κ1) is 65.3. The van der Waals surface area contributed by atoms with Crippen molar-refractivity contribution in [3.05, 3.63) is 141 Å². The number of amides is 2. The van der Waals surface area contributed by atoms with Gasteiger partial charge in [0.2, 0.25) is 0 Å². The zero-order valence-electron chi connectivity index (χ0n) is 52.5. The van der Waals surface area contributed by atoms with Crippen LogP contribution in [-0.2, 0) is 42.0 Å². The number of ether oxygens (including phenoxy) is 6. The van der Waals surface area contributed by atoms with Crippen LogP contribution in [0.4, 0.5) is 21.0 Å². The van der Waals surface area contributed by atoms with E-state index in [-0.39, 0.29) is 50.6 Å². The Bertz CT molecular complexity index is 3630. The molecule has 92 heavy (non-hydrogen) atoms. The number of carbonyl (C=O) groups excluding carboxylic acids is 4. The van der Waals surface area contributed by atoms with Gasteiger partial charge in [0.15, 0.2) is 13.5 Å². The van der Waals surface area contributed by atoms with Gasteiger partial charge in [-0.05, 0) is 172 Å². The van der Waals surface area contributed by atoms with Crippen molar-refractivity contribution in [1.82, 2.24) is 28.7 Å². The number of nitrogens with zero attached hydrogens (tertiary/aromatic N) is 8. The first-order valence-electron chi connectivity index (χ1n) is 32.6. The molecule has 0 N–H and O–H groups in total. The predicted octanol–water partition coefficient (Wildman–Crippen LogP) is 11.4. The standard InChI is InChI=1S/C70H84N8O12S2/c79-65-25-21-53-19-23-55(85-43-9-5-29-71-31-35-73(36-32-71)59-13-11-15-63-57(59)27-47-91-63)49-61(53)77(65)51-89-67(81)17-3-1-7-45-87-69(83)75-39-41-76(42-40-75)70(84)88-46-8-2-4-18-68(82)90-52-78-62-50-56(24-20-54(62)22-26-66(78)80)86-44-10-6-30-72-33-37-74(38-34-72)60-14-12-16-64-58(60)28-48-92-64/h11-16,19-28,47-50H,1-10,17-18,29-46,51-52H2. The summed E-state index contributed by atoms with van der Waals surface area (Å²) in [6, 6.07) is 35.3. The zero-order valence-corrected chi connectivity index (χ0v) is 54.1. The van der Waals surface area contributed by atoms with E-state index in [2.05, 4.69) is 78.9 Å². The predicted molar refractivity (Wildman–Crippen MR) is 362 cm³/mol. The van der Waals surface area contributed by atoms with E-state index in [9.17, 15) is 28.8 Å². The Kier molecular flexibility index (Phi) is 23.4. The lowest BCUT2D eigenvalue weighted by molar-refractivity contribution is -0.148. The number of anilines is 2. The van der Waals surface area contributed by atoms with Crippen LogP contribution in [0.3, 0.4) is 0 Å². The number of hydrogen-bond acceptors (Lipinski definition) is 18. The molecule has 7 heterocycles. The van der Waals surface area contributed by atoms with Crippen LogP contribution < -0.4 is 30.4 Å². The molecule has 3 aliphatic heterocycles. The highest BCUT2D eigenvalue weighted by molar-refractivity contribution is 7.17. The number of esters is 2. The maximum absolute atomic E-state index is 13.0. The third-order valence-corrected chi connectivity index (χ3v) is 19.3. The van der Waals surface area contributed by atoms with E-state index in [0.29, 0.717) is 100 Å². The molecule has 20 nitrogen and oxygen atoms in total. The summed E-state index contributed by atoms with van der Waals surface area (Å²) >= 11 is 3.57. The fourth-order valence-electron chi connectivity index (χ4n) is 12.3. The molecule has 3 fully saturated rings. The third-order valence-electron chi connectivity index (χ3n) is 17.6.